The summed E-state index contributed by atoms with van der Waals surface area (Å²) in [5.41, 5.74) is 15.6. The summed E-state index contributed by atoms with van der Waals surface area (Å²) in [6.07, 6.45) is 36.7. The van der Waals surface area contributed by atoms with Gasteiger partial charge in [0.1, 0.15) is 0 Å². The SMILES string of the molecule is c1ccc(N(c2ccc(-c3ccc(C4CCCCCCCCCCC4)cc3)cc2)c2ccc(C3(c4ccc(N(c5ccccc5)c5ccc(C6CCCCCCCCCCC6)cc5)cc4)CCCCC3)cc2)cc1. The van der Waals surface area contributed by atoms with E-state index < -0.39 is 0 Å². The number of benzene rings is 7. The van der Waals surface area contributed by atoms with Gasteiger partial charge >= 0.3 is 0 Å². The van der Waals surface area contributed by atoms with Crippen molar-refractivity contribution >= 4 is 34.1 Å². The van der Waals surface area contributed by atoms with Gasteiger partial charge in [0.05, 0.1) is 0 Å². The average molecular weight is 979 g/mol. The molecule has 10 rings (SSSR count). The molecule has 3 aliphatic rings. The number of para-hydroxylation sites is 2. The Morgan fingerprint density at radius 2 is 0.500 bits per heavy atom. The smallest absolute Gasteiger partial charge is 0.0462 e. The number of hydrogen-bond donors (Lipinski definition) is 0. The standard InChI is InChI=1S/C72H86N2/c1-3-7-11-18-28-58(29-19-12-8-4-1)60-36-38-61(39-37-60)63-42-50-69(51-43-63)74(67-34-24-16-25-35-67)71-54-46-65(47-55-71)72(56-26-17-27-57-72)64-44-52-70(53-45-64)73(66-32-22-15-23-33-66)68-48-40-62(41-49-68)59-30-20-13-9-5-2-6-10-14-21-31-59/h15-16,22-25,32-55,58-59H,1-14,17-21,26-31,56-57H2. The van der Waals surface area contributed by atoms with Crippen molar-refractivity contribution in [1.82, 2.24) is 0 Å². The molecule has 0 heterocycles. The first-order valence-corrected chi connectivity index (χ1v) is 29.9. The highest BCUT2D eigenvalue weighted by Crippen LogP contribution is 2.47. The molecule has 0 atom stereocenters. The van der Waals surface area contributed by atoms with Crippen LogP contribution in [0.3, 0.4) is 0 Å². The fourth-order valence-electron chi connectivity index (χ4n) is 13.4. The Kier molecular flexibility index (Phi) is 18.5. The predicted octanol–water partition coefficient (Wildman–Crippen LogP) is 22.3. The first-order valence-electron chi connectivity index (χ1n) is 29.9. The molecule has 0 bridgehead atoms. The van der Waals surface area contributed by atoms with Crippen LogP contribution in [0, 0.1) is 0 Å². The van der Waals surface area contributed by atoms with Crippen LogP contribution in [-0.4, -0.2) is 0 Å². The molecule has 7 aromatic carbocycles. The number of anilines is 6. The lowest BCUT2D eigenvalue weighted by Gasteiger charge is -2.39. The van der Waals surface area contributed by atoms with Gasteiger partial charge in [0.15, 0.2) is 0 Å². The lowest BCUT2D eigenvalue weighted by molar-refractivity contribution is 0.346. The summed E-state index contributed by atoms with van der Waals surface area (Å²) < 4.78 is 0. The summed E-state index contributed by atoms with van der Waals surface area (Å²) >= 11 is 0. The fraction of sp³-hybridized carbons (Fsp3) is 0.417. The lowest BCUT2D eigenvalue weighted by atomic mass is 9.65. The molecule has 3 fully saturated rings. The number of nitrogens with zero attached hydrogens (tertiary/aromatic N) is 2. The topological polar surface area (TPSA) is 6.48 Å². The van der Waals surface area contributed by atoms with Crippen LogP contribution in [0.25, 0.3) is 11.1 Å². The van der Waals surface area contributed by atoms with E-state index in [0.717, 1.165) is 0 Å². The minimum atomic E-state index is -0.0239. The number of hydrogen-bond acceptors (Lipinski definition) is 2. The molecule has 0 unspecified atom stereocenters. The van der Waals surface area contributed by atoms with E-state index >= 15 is 0 Å². The normalized spacial score (nSPS) is 18.2. The van der Waals surface area contributed by atoms with E-state index in [1.807, 2.05) is 0 Å². The lowest BCUT2D eigenvalue weighted by Crippen LogP contribution is -2.30. The molecule has 74 heavy (non-hydrogen) atoms. The summed E-state index contributed by atoms with van der Waals surface area (Å²) in [6.45, 7) is 0. The Labute approximate surface area is 447 Å². The number of rotatable bonds is 11. The van der Waals surface area contributed by atoms with Crippen LogP contribution in [0.5, 0.6) is 0 Å². The molecule has 384 valence electrons. The maximum absolute atomic E-state index is 2.46. The molecule has 3 saturated carbocycles. The molecule has 0 spiro atoms. The molecule has 2 nitrogen and oxygen atoms in total. The van der Waals surface area contributed by atoms with Gasteiger partial charge < -0.3 is 9.80 Å². The van der Waals surface area contributed by atoms with Crippen molar-refractivity contribution < 1.29 is 0 Å². The monoisotopic (exact) mass is 979 g/mol. The average Bonchev–Trinajstić information content (AvgIpc) is 3.45. The Morgan fingerprint density at radius 3 is 0.851 bits per heavy atom. The van der Waals surface area contributed by atoms with Crippen molar-refractivity contribution in [2.75, 3.05) is 9.80 Å². The third-order valence-electron chi connectivity index (χ3n) is 17.8. The van der Waals surface area contributed by atoms with Gasteiger partial charge in [-0.25, -0.2) is 0 Å². The largest absolute Gasteiger partial charge is 0.311 e. The van der Waals surface area contributed by atoms with Crippen LogP contribution in [0.15, 0.2) is 182 Å². The van der Waals surface area contributed by atoms with Crippen LogP contribution in [0.1, 0.15) is 207 Å². The molecule has 2 heteroatoms. The molecule has 0 saturated heterocycles. The van der Waals surface area contributed by atoms with E-state index in [1.54, 1.807) is 0 Å². The van der Waals surface area contributed by atoms with Crippen molar-refractivity contribution in [2.24, 2.45) is 0 Å². The Balaban J connectivity index is 0.879. The van der Waals surface area contributed by atoms with Gasteiger partial charge in [0.25, 0.3) is 0 Å². The highest BCUT2D eigenvalue weighted by Gasteiger charge is 2.36. The third kappa shape index (κ3) is 13.1. The van der Waals surface area contributed by atoms with Crippen LogP contribution >= 0.6 is 0 Å². The van der Waals surface area contributed by atoms with E-state index in [2.05, 4.69) is 192 Å². The third-order valence-corrected chi connectivity index (χ3v) is 17.8. The van der Waals surface area contributed by atoms with E-state index in [4.69, 9.17) is 0 Å². The Morgan fingerprint density at radius 1 is 0.243 bits per heavy atom. The van der Waals surface area contributed by atoms with Crippen molar-refractivity contribution in [1.29, 1.82) is 0 Å². The Hall–Kier alpha value is -5.86. The van der Waals surface area contributed by atoms with Crippen LogP contribution in [-0.2, 0) is 5.41 Å². The van der Waals surface area contributed by atoms with E-state index in [0.29, 0.717) is 11.8 Å². The van der Waals surface area contributed by atoms with Crippen molar-refractivity contribution in [3.8, 4) is 11.1 Å². The predicted molar refractivity (Wildman–Crippen MR) is 319 cm³/mol. The first kappa shape index (κ1) is 51.6. The molecule has 0 aliphatic heterocycles. The highest BCUT2D eigenvalue weighted by atomic mass is 15.1. The molecular formula is C72H86N2. The van der Waals surface area contributed by atoms with Gasteiger partial charge in [-0.15, -0.1) is 0 Å². The van der Waals surface area contributed by atoms with Gasteiger partial charge in [-0.2, -0.15) is 0 Å². The second kappa shape index (κ2) is 26.6. The zero-order valence-corrected chi connectivity index (χ0v) is 45.0. The zero-order chi connectivity index (χ0) is 50.0. The quantitative estimate of drug-likeness (QED) is 0.127. The van der Waals surface area contributed by atoms with Gasteiger partial charge in [-0.1, -0.05) is 244 Å². The van der Waals surface area contributed by atoms with Crippen LogP contribution in [0.4, 0.5) is 34.1 Å². The van der Waals surface area contributed by atoms with Crippen LogP contribution < -0.4 is 9.80 Å². The van der Waals surface area contributed by atoms with Crippen LogP contribution in [0.2, 0.25) is 0 Å². The second-order valence-corrected chi connectivity index (χ2v) is 22.8. The highest BCUT2D eigenvalue weighted by molar-refractivity contribution is 5.79. The molecule has 0 aromatic heterocycles. The van der Waals surface area contributed by atoms with Crippen molar-refractivity contribution in [3.05, 3.63) is 204 Å². The second-order valence-electron chi connectivity index (χ2n) is 22.8. The summed E-state index contributed by atoms with van der Waals surface area (Å²) in [6, 6.07) is 69.8. The van der Waals surface area contributed by atoms with E-state index in [-0.39, 0.29) is 5.41 Å². The molecule has 0 amide bonds. The Bertz CT molecular complexity index is 2660. The van der Waals surface area contributed by atoms with Crippen molar-refractivity contribution in [3.63, 3.8) is 0 Å². The van der Waals surface area contributed by atoms with Gasteiger partial charge in [0.2, 0.25) is 0 Å². The zero-order valence-electron chi connectivity index (χ0n) is 45.0. The molecule has 0 N–H and O–H groups in total. The van der Waals surface area contributed by atoms with Crippen molar-refractivity contribution in [2.45, 2.75) is 191 Å². The van der Waals surface area contributed by atoms with Gasteiger partial charge in [0, 0.05) is 39.5 Å². The molecule has 3 aliphatic carbocycles. The maximum atomic E-state index is 2.46. The minimum absolute atomic E-state index is 0.0239. The summed E-state index contributed by atoms with van der Waals surface area (Å²) in [5, 5.41) is 0. The first-order chi connectivity index (χ1) is 36.7. The summed E-state index contributed by atoms with van der Waals surface area (Å²) in [5.74, 6) is 1.36. The fourth-order valence-corrected chi connectivity index (χ4v) is 13.4. The summed E-state index contributed by atoms with van der Waals surface area (Å²) in [4.78, 5) is 4.89. The molecule has 7 aromatic rings. The summed E-state index contributed by atoms with van der Waals surface area (Å²) in [7, 11) is 0. The minimum Gasteiger partial charge on any atom is -0.311 e. The van der Waals surface area contributed by atoms with E-state index in [1.165, 1.54) is 241 Å². The maximum Gasteiger partial charge on any atom is 0.0462 e. The molecule has 0 radical (unpaired) electrons. The van der Waals surface area contributed by atoms with Gasteiger partial charge in [-0.3, -0.25) is 0 Å². The van der Waals surface area contributed by atoms with E-state index in [9.17, 15) is 0 Å². The van der Waals surface area contributed by atoms with Gasteiger partial charge in [-0.05, 0) is 157 Å². The molecular weight excluding hydrogens is 893 g/mol.